The molecule has 2 atom stereocenters. The molecule has 1 aromatic carbocycles. The first-order valence-corrected chi connectivity index (χ1v) is 5.41. The topological polar surface area (TPSA) is 98.6 Å². The maximum Gasteiger partial charge on any atom is 0.320 e. The molecule has 1 aromatic rings. The third-order valence-electron chi connectivity index (χ3n) is 2.43. The fourth-order valence-corrected chi connectivity index (χ4v) is 1.69. The van der Waals surface area contributed by atoms with Gasteiger partial charge in [-0.3, -0.25) is 4.79 Å². The number of benzene rings is 1. The molecule has 0 radical (unpaired) electrons. The van der Waals surface area contributed by atoms with Crippen molar-refractivity contribution in [2.45, 2.75) is 18.5 Å². The number of rotatable bonds is 5. The van der Waals surface area contributed by atoms with Crippen LogP contribution in [0.3, 0.4) is 0 Å². The summed E-state index contributed by atoms with van der Waals surface area (Å²) in [6.07, 6.45) is 0.151. The molecule has 0 aromatic heterocycles. The van der Waals surface area contributed by atoms with Crippen LogP contribution < -0.4 is 16.2 Å². The Balaban J connectivity index is 2.79. The van der Waals surface area contributed by atoms with Gasteiger partial charge in [-0.05, 0) is 24.1 Å². The van der Waals surface area contributed by atoms with Crippen molar-refractivity contribution < 1.29 is 14.6 Å². The molecular formula is C11H15ClN2O3. The molecule has 0 saturated heterocycles. The number of halogens is 1. The summed E-state index contributed by atoms with van der Waals surface area (Å²) in [7, 11) is 1.52. The second-order valence-corrected chi connectivity index (χ2v) is 4.09. The van der Waals surface area contributed by atoms with Crippen LogP contribution in [0.5, 0.6) is 5.75 Å². The van der Waals surface area contributed by atoms with E-state index in [1.165, 1.54) is 7.11 Å². The lowest BCUT2D eigenvalue weighted by Gasteiger charge is -2.15. The number of carbonyl (C=O) groups is 1. The third kappa shape index (κ3) is 3.59. The predicted molar refractivity (Wildman–Crippen MR) is 65.2 cm³/mol. The Kier molecular flexibility index (Phi) is 4.74. The molecular weight excluding hydrogens is 244 g/mol. The molecule has 5 N–H and O–H groups in total. The van der Waals surface area contributed by atoms with Gasteiger partial charge in [0.25, 0.3) is 0 Å². The Bertz CT molecular complexity index is 412. The summed E-state index contributed by atoms with van der Waals surface area (Å²) >= 11 is 5.94. The first-order chi connectivity index (χ1) is 7.95. The van der Waals surface area contributed by atoms with E-state index < -0.39 is 18.1 Å². The number of carboxylic acids is 1. The zero-order valence-electron chi connectivity index (χ0n) is 9.39. The minimum Gasteiger partial charge on any atom is -0.495 e. The number of hydrogen-bond donors (Lipinski definition) is 3. The van der Waals surface area contributed by atoms with E-state index in [1.54, 1.807) is 18.2 Å². The highest BCUT2D eigenvalue weighted by atomic mass is 35.5. The SMILES string of the molecule is COc1ccc(C(N)CC(N)C(=O)O)cc1Cl. The molecule has 2 unspecified atom stereocenters. The predicted octanol–water partition coefficient (Wildman–Crippen LogP) is 1.15. The van der Waals surface area contributed by atoms with E-state index in [1.807, 2.05) is 0 Å². The molecule has 17 heavy (non-hydrogen) atoms. The van der Waals surface area contributed by atoms with Gasteiger partial charge in [0.1, 0.15) is 11.8 Å². The van der Waals surface area contributed by atoms with Crippen molar-refractivity contribution in [3.05, 3.63) is 28.8 Å². The number of aliphatic carboxylic acids is 1. The van der Waals surface area contributed by atoms with Crippen LogP contribution in [0.2, 0.25) is 5.02 Å². The molecule has 0 heterocycles. The molecule has 0 aliphatic carbocycles. The van der Waals surface area contributed by atoms with Crippen LogP contribution in [0, 0.1) is 0 Å². The summed E-state index contributed by atoms with van der Waals surface area (Å²) in [4.78, 5) is 10.6. The van der Waals surface area contributed by atoms with Crippen molar-refractivity contribution in [1.29, 1.82) is 0 Å². The highest BCUT2D eigenvalue weighted by molar-refractivity contribution is 6.32. The number of ether oxygens (including phenoxy) is 1. The van der Waals surface area contributed by atoms with E-state index in [-0.39, 0.29) is 6.42 Å². The number of hydrogen-bond acceptors (Lipinski definition) is 4. The van der Waals surface area contributed by atoms with Crippen molar-refractivity contribution in [1.82, 2.24) is 0 Å². The van der Waals surface area contributed by atoms with E-state index in [0.717, 1.165) is 5.56 Å². The highest BCUT2D eigenvalue weighted by Gasteiger charge is 2.17. The van der Waals surface area contributed by atoms with Crippen LogP contribution >= 0.6 is 11.6 Å². The van der Waals surface area contributed by atoms with Crippen molar-refractivity contribution in [2.75, 3.05) is 7.11 Å². The summed E-state index contributed by atoms with van der Waals surface area (Å²) in [6.45, 7) is 0. The maximum absolute atomic E-state index is 10.6. The average molecular weight is 259 g/mol. The van der Waals surface area contributed by atoms with E-state index in [9.17, 15) is 4.79 Å². The van der Waals surface area contributed by atoms with E-state index >= 15 is 0 Å². The molecule has 94 valence electrons. The van der Waals surface area contributed by atoms with Gasteiger partial charge >= 0.3 is 5.97 Å². The van der Waals surface area contributed by atoms with E-state index in [2.05, 4.69) is 0 Å². The number of nitrogens with two attached hydrogens (primary N) is 2. The van der Waals surface area contributed by atoms with Gasteiger partial charge in [0.15, 0.2) is 0 Å². The smallest absolute Gasteiger partial charge is 0.320 e. The standard InChI is InChI=1S/C11H15ClN2O3/c1-17-10-3-2-6(4-7(10)12)8(13)5-9(14)11(15)16/h2-4,8-9H,5,13-14H2,1H3,(H,15,16). The molecule has 1 rings (SSSR count). The van der Waals surface area contributed by atoms with Gasteiger partial charge in [0.05, 0.1) is 12.1 Å². The Hall–Kier alpha value is -1.30. The lowest BCUT2D eigenvalue weighted by Crippen LogP contribution is -2.33. The lowest BCUT2D eigenvalue weighted by atomic mass is 10.0. The molecule has 0 amide bonds. The second kappa shape index (κ2) is 5.86. The molecule has 0 aliphatic rings. The number of carboxylic acid groups (broad SMARTS) is 1. The quantitative estimate of drug-likeness (QED) is 0.736. The molecule has 0 aliphatic heterocycles. The Labute approximate surface area is 104 Å². The first-order valence-electron chi connectivity index (χ1n) is 5.03. The van der Waals surface area contributed by atoms with Crippen molar-refractivity contribution >= 4 is 17.6 Å². The molecule has 0 spiro atoms. The van der Waals surface area contributed by atoms with E-state index in [0.29, 0.717) is 10.8 Å². The summed E-state index contributed by atoms with van der Waals surface area (Å²) < 4.78 is 5.01. The van der Waals surface area contributed by atoms with Crippen molar-refractivity contribution in [3.8, 4) is 5.75 Å². The van der Waals surface area contributed by atoms with Crippen molar-refractivity contribution in [2.24, 2.45) is 11.5 Å². The zero-order chi connectivity index (χ0) is 13.0. The first kappa shape index (κ1) is 13.8. The molecule has 6 heteroatoms. The molecule has 0 fully saturated rings. The van der Waals surface area contributed by atoms with Gasteiger partial charge in [-0.25, -0.2) is 0 Å². The van der Waals surface area contributed by atoms with Gasteiger partial charge < -0.3 is 21.3 Å². The Morgan fingerprint density at radius 2 is 2.18 bits per heavy atom. The second-order valence-electron chi connectivity index (χ2n) is 3.68. The fourth-order valence-electron chi connectivity index (χ4n) is 1.42. The molecule has 0 bridgehead atoms. The fraction of sp³-hybridized carbons (Fsp3) is 0.364. The van der Waals surface area contributed by atoms with Crippen LogP contribution in [0.15, 0.2) is 18.2 Å². The van der Waals surface area contributed by atoms with E-state index in [4.69, 9.17) is 32.9 Å². The molecule has 5 nitrogen and oxygen atoms in total. The average Bonchev–Trinajstić information content (AvgIpc) is 2.28. The number of methoxy groups -OCH3 is 1. The van der Waals surface area contributed by atoms with Crippen LogP contribution in [-0.4, -0.2) is 24.2 Å². The van der Waals surface area contributed by atoms with Crippen molar-refractivity contribution in [3.63, 3.8) is 0 Å². The van der Waals surface area contributed by atoms with Gasteiger partial charge in [0.2, 0.25) is 0 Å². The van der Waals surface area contributed by atoms with Crippen LogP contribution in [0.25, 0.3) is 0 Å². The van der Waals surface area contributed by atoms with Gasteiger partial charge in [-0.1, -0.05) is 17.7 Å². The summed E-state index contributed by atoms with van der Waals surface area (Å²) in [5.74, 6) is -0.523. The summed E-state index contributed by atoms with van der Waals surface area (Å²) in [5.41, 5.74) is 12.0. The van der Waals surface area contributed by atoms with Gasteiger partial charge in [-0.15, -0.1) is 0 Å². The zero-order valence-corrected chi connectivity index (χ0v) is 10.1. The normalized spacial score (nSPS) is 14.1. The largest absolute Gasteiger partial charge is 0.495 e. The monoisotopic (exact) mass is 258 g/mol. The Morgan fingerprint density at radius 3 is 2.65 bits per heavy atom. The summed E-state index contributed by atoms with van der Waals surface area (Å²) in [5, 5.41) is 9.12. The van der Waals surface area contributed by atoms with Gasteiger partial charge in [0, 0.05) is 6.04 Å². The lowest BCUT2D eigenvalue weighted by molar-refractivity contribution is -0.138. The minimum atomic E-state index is -1.07. The third-order valence-corrected chi connectivity index (χ3v) is 2.72. The highest BCUT2D eigenvalue weighted by Crippen LogP contribution is 2.28. The van der Waals surface area contributed by atoms with Crippen LogP contribution in [-0.2, 0) is 4.79 Å². The minimum absolute atomic E-state index is 0.151. The van der Waals surface area contributed by atoms with Gasteiger partial charge in [-0.2, -0.15) is 0 Å². The molecule has 0 saturated carbocycles. The Morgan fingerprint density at radius 1 is 1.53 bits per heavy atom. The van der Waals surface area contributed by atoms with Crippen LogP contribution in [0.4, 0.5) is 0 Å². The van der Waals surface area contributed by atoms with Crippen LogP contribution in [0.1, 0.15) is 18.0 Å². The maximum atomic E-state index is 10.6. The summed E-state index contributed by atoms with van der Waals surface area (Å²) in [6, 6.07) is 3.63.